The maximum absolute atomic E-state index is 14.2. The van der Waals surface area contributed by atoms with Gasteiger partial charge < -0.3 is 14.5 Å². The molecule has 0 bridgehead atoms. The van der Waals surface area contributed by atoms with Gasteiger partial charge in [0.15, 0.2) is 0 Å². The van der Waals surface area contributed by atoms with Gasteiger partial charge in [0.1, 0.15) is 11.8 Å². The number of likely N-dealkylation sites (N-methyl/N-ethyl adjacent to an activating group) is 1. The van der Waals surface area contributed by atoms with Crippen LogP contribution in [0.25, 0.3) is 10.8 Å². The highest BCUT2D eigenvalue weighted by molar-refractivity contribution is 6.42. The standard InChI is InChI=1S/C38H38Cl2N4O5/c1-42(38(47)36-31-10-5-4-8-27(31)20-29(22-41)37(36)48-2)23-28(26-12-13-32(39)33(40)21-26)16-19-43-17-14-25(15-18-43)30-9-6-7-11-34(30)44(49-3)35(46)24-45/h4-13,20-21,24-25,28H,14-19,23H2,1-3H3. The predicted molar refractivity (Wildman–Crippen MR) is 191 cm³/mol. The third kappa shape index (κ3) is 7.90. The number of ether oxygens (including phenoxy) is 1. The smallest absolute Gasteiger partial charge is 0.314 e. The number of carbonyl (C=O) groups is 3. The number of nitrogens with zero attached hydrogens (tertiary/aromatic N) is 4. The number of nitriles is 1. The van der Waals surface area contributed by atoms with Gasteiger partial charge >= 0.3 is 5.91 Å². The average molecular weight is 702 g/mol. The summed E-state index contributed by atoms with van der Waals surface area (Å²) in [6, 6.07) is 24.5. The lowest BCUT2D eigenvalue weighted by atomic mass is 9.87. The number of para-hydroxylation sites is 1. The third-order valence-corrected chi connectivity index (χ3v) is 10.00. The number of hydrogen-bond acceptors (Lipinski definition) is 7. The van der Waals surface area contributed by atoms with Crippen molar-refractivity contribution in [1.29, 1.82) is 5.26 Å². The second-order valence-corrected chi connectivity index (χ2v) is 12.9. The maximum Gasteiger partial charge on any atom is 0.314 e. The Morgan fingerprint density at radius 3 is 2.41 bits per heavy atom. The first kappa shape index (κ1) is 35.8. The van der Waals surface area contributed by atoms with Crippen LogP contribution in [0.3, 0.4) is 0 Å². The van der Waals surface area contributed by atoms with Crippen LogP contribution in [-0.2, 0) is 14.4 Å². The van der Waals surface area contributed by atoms with Crippen molar-refractivity contribution in [1.82, 2.24) is 9.80 Å². The fourth-order valence-electron chi connectivity index (χ4n) is 6.75. The fourth-order valence-corrected chi connectivity index (χ4v) is 7.06. The molecule has 0 spiro atoms. The molecule has 1 fully saturated rings. The van der Waals surface area contributed by atoms with Crippen LogP contribution < -0.4 is 9.80 Å². The number of piperidine rings is 1. The summed E-state index contributed by atoms with van der Waals surface area (Å²) < 4.78 is 5.63. The highest BCUT2D eigenvalue weighted by Gasteiger charge is 2.29. The van der Waals surface area contributed by atoms with E-state index in [9.17, 15) is 19.6 Å². The molecule has 2 amide bonds. The molecule has 5 rings (SSSR count). The van der Waals surface area contributed by atoms with E-state index in [1.165, 1.54) is 14.2 Å². The van der Waals surface area contributed by atoms with Crippen molar-refractivity contribution >= 4 is 57.8 Å². The molecule has 4 aromatic rings. The molecule has 1 aliphatic heterocycles. The molecule has 254 valence electrons. The minimum absolute atomic E-state index is 0.0665. The number of rotatable bonds is 12. The van der Waals surface area contributed by atoms with Crippen LogP contribution in [0.15, 0.2) is 72.8 Å². The van der Waals surface area contributed by atoms with Gasteiger partial charge in [-0.3, -0.25) is 19.2 Å². The monoisotopic (exact) mass is 700 g/mol. The summed E-state index contributed by atoms with van der Waals surface area (Å²) in [5.41, 5.74) is 3.18. The molecule has 4 aromatic carbocycles. The second kappa shape index (κ2) is 16.3. The topological polar surface area (TPSA) is 103 Å². The van der Waals surface area contributed by atoms with Crippen LogP contribution in [0, 0.1) is 11.3 Å². The Bertz CT molecular complexity index is 1890. The third-order valence-electron chi connectivity index (χ3n) is 9.26. The number of anilines is 1. The van der Waals surface area contributed by atoms with Crippen molar-refractivity contribution in [3.05, 3.63) is 105 Å². The van der Waals surface area contributed by atoms with Crippen molar-refractivity contribution in [3.8, 4) is 11.8 Å². The molecule has 49 heavy (non-hydrogen) atoms. The summed E-state index contributed by atoms with van der Waals surface area (Å²) in [5.74, 6) is -0.615. The van der Waals surface area contributed by atoms with E-state index in [0.29, 0.717) is 33.4 Å². The molecule has 0 saturated carbocycles. The van der Waals surface area contributed by atoms with Crippen molar-refractivity contribution in [2.45, 2.75) is 31.1 Å². The van der Waals surface area contributed by atoms with Crippen LogP contribution in [0.4, 0.5) is 5.69 Å². The molecule has 0 aromatic heterocycles. The molecule has 1 aliphatic rings. The quantitative estimate of drug-likeness (QED) is 0.0872. The van der Waals surface area contributed by atoms with E-state index in [2.05, 4.69) is 11.0 Å². The number of fused-ring (bicyclic) bond motifs is 1. The number of benzene rings is 4. The summed E-state index contributed by atoms with van der Waals surface area (Å²) in [5, 5.41) is 13.3. The van der Waals surface area contributed by atoms with Gasteiger partial charge in [0.25, 0.3) is 5.91 Å². The van der Waals surface area contributed by atoms with Crippen molar-refractivity contribution in [2.24, 2.45) is 0 Å². The number of halogens is 2. The predicted octanol–water partition coefficient (Wildman–Crippen LogP) is 7.25. The van der Waals surface area contributed by atoms with Gasteiger partial charge in [0, 0.05) is 19.5 Å². The maximum atomic E-state index is 14.2. The van der Waals surface area contributed by atoms with Crippen LogP contribution >= 0.6 is 23.2 Å². The molecule has 0 radical (unpaired) electrons. The minimum atomic E-state index is -0.756. The number of carbonyl (C=O) groups excluding carboxylic acids is 3. The second-order valence-electron chi connectivity index (χ2n) is 12.1. The van der Waals surface area contributed by atoms with Gasteiger partial charge in [0.05, 0.1) is 41.1 Å². The first-order valence-electron chi connectivity index (χ1n) is 16.1. The van der Waals surface area contributed by atoms with Gasteiger partial charge in [-0.15, -0.1) is 0 Å². The number of methoxy groups -OCH3 is 1. The molecule has 0 aliphatic carbocycles. The van der Waals surface area contributed by atoms with E-state index in [4.69, 9.17) is 32.8 Å². The van der Waals surface area contributed by atoms with Gasteiger partial charge in [-0.05, 0) is 91.0 Å². The normalized spacial score (nSPS) is 14.2. The van der Waals surface area contributed by atoms with Crippen molar-refractivity contribution in [2.75, 3.05) is 52.5 Å². The van der Waals surface area contributed by atoms with Crippen molar-refractivity contribution in [3.63, 3.8) is 0 Å². The van der Waals surface area contributed by atoms with Crippen LogP contribution in [-0.4, -0.2) is 75.3 Å². The Morgan fingerprint density at radius 1 is 1.02 bits per heavy atom. The average Bonchev–Trinajstić information content (AvgIpc) is 3.13. The number of hydroxylamine groups is 1. The summed E-state index contributed by atoms with van der Waals surface area (Å²) in [6.07, 6.45) is 2.72. The van der Waals surface area contributed by atoms with Crippen molar-refractivity contribution < 1.29 is 24.0 Å². The van der Waals surface area contributed by atoms with Gasteiger partial charge in [0.2, 0.25) is 6.29 Å². The van der Waals surface area contributed by atoms with E-state index in [0.717, 1.165) is 65.9 Å². The molecule has 0 N–H and O–H groups in total. The van der Waals surface area contributed by atoms with Gasteiger partial charge in [-0.2, -0.15) is 10.3 Å². The number of aldehydes is 1. The first-order chi connectivity index (χ1) is 23.7. The molecular weight excluding hydrogens is 663 g/mol. The van der Waals surface area contributed by atoms with Gasteiger partial charge in [-0.25, -0.2) is 0 Å². The largest absolute Gasteiger partial charge is 0.495 e. The van der Waals surface area contributed by atoms with E-state index >= 15 is 0 Å². The molecule has 1 unspecified atom stereocenters. The zero-order chi connectivity index (χ0) is 35.1. The summed E-state index contributed by atoms with van der Waals surface area (Å²) in [4.78, 5) is 47.0. The zero-order valence-corrected chi connectivity index (χ0v) is 29.2. The molecule has 1 heterocycles. The lowest BCUT2D eigenvalue weighted by Gasteiger charge is -2.35. The molecule has 9 nitrogen and oxygen atoms in total. The fraction of sp³-hybridized carbons (Fsp3) is 0.316. The lowest BCUT2D eigenvalue weighted by Crippen LogP contribution is -2.37. The molecule has 1 saturated heterocycles. The Balaban J connectivity index is 1.33. The van der Waals surface area contributed by atoms with Gasteiger partial charge in [-0.1, -0.05) is 71.7 Å². The van der Waals surface area contributed by atoms with E-state index in [1.807, 2.05) is 54.6 Å². The van der Waals surface area contributed by atoms with E-state index in [1.54, 1.807) is 30.1 Å². The molecule has 11 heteroatoms. The number of likely N-dealkylation sites (tertiary alicyclic amines) is 1. The van der Waals surface area contributed by atoms with Crippen LogP contribution in [0.5, 0.6) is 5.75 Å². The highest BCUT2D eigenvalue weighted by atomic mass is 35.5. The Labute approximate surface area is 296 Å². The SMILES string of the molecule is COc1c(C#N)cc2ccccc2c1C(=O)N(C)CC(CCN1CCC(c2ccccc2N(OC)C(=O)C=O)CC1)c1ccc(Cl)c(Cl)c1. The summed E-state index contributed by atoms with van der Waals surface area (Å²) in [6.45, 7) is 2.85. The van der Waals surface area contributed by atoms with E-state index in [-0.39, 0.29) is 29.8 Å². The molecule has 1 atom stereocenters. The Hall–Kier alpha value is -4.46. The highest BCUT2D eigenvalue weighted by Crippen LogP contribution is 2.37. The lowest BCUT2D eigenvalue weighted by molar-refractivity contribution is -0.133. The molecular formula is C38H38Cl2N4O5. The summed E-state index contributed by atoms with van der Waals surface area (Å²) >= 11 is 12.7. The number of hydrogen-bond donors (Lipinski definition) is 0. The Morgan fingerprint density at radius 2 is 1.73 bits per heavy atom. The minimum Gasteiger partial charge on any atom is -0.495 e. The van der Waals surface area contributed by atoms with E-state index < -0.39 is 5.91 Å². The van der Waals surface area contributed by atoms with Crippen LogP contribution in [0.1, 0.15) is 58.1 Å². The van der Waals surface area contributed by atoms with Crippen LogP contribution in [0.2, 0.25) is 10.0 Å². The first-order valence-corrected chi connectivity index (χ1v) is 16.8. The Kier molecular flexibility index (Phi) is 11.9. The summed E-state index contributed by atoms with van der Waals surface area (Å²) in [7, 11) is 4.61. The zero-order valence-electron chi connectivity index (χ0n) is 27.7. The number of amides is 2.